The molecular weight excluding hydrogens is 285 g/mol. The predicted octanol–water partition coefficient (Wildman–Crippen LogP) is 5.71. The van der Waals surface area contributed by atoms with E-state index in [0.29, 0.717) is 0 Å². The number of pyridine rings is 1. The molecule has 4 rings (SSSR count). The highest BCUT2D eigenvalue weighted by atomic mass is 19.1. The van der Waals surface area contributed by atoms with Gasteiger partial charge in [-0.2, -0.15) is 0 Å². The number of hydrogen-bond acceptors (Lipinski definition) is 1. The summed E-state index contributed by atoms with van der Waals surface area (Å²) >= 11 is 0. The first-order valence-electron chi connectivity index (χ1n) is 7.52. The van der Waals surface area contributed by atoms with Crippen LogP contribution >= 0.6 is 0 Å². The zero-order chi connectivity index (χ0) is 15.6. The zero-order valence-corrected chi connectivity index (χ0v) is 12.4. The monoisotopic (exact) mass is 299 g/mol. The molecule has 0 saturated heterocycles. The number of halogens is 1. The van der Waals surface area contributed by atoms with Crippen LogP contribution in [0.5, 0.6) is 0 Å². The quantitative estimate of drug-likeness (QED) is 0.462. The van der Waals surface area contributed by atoms with Gasteiger partial charge in [-0.05, 0) is 29.3 Å². The van der Waals surface area contributed by atoms with Crippen LogP contribution in [0, 0.1) is 5.82 Å². The van der Waals surface area contributed by atoms with Gasteiger partial charge in [-0.1, -0.05) is 60.7 Å². The molecule has 3 aromatic carbocycles. The zero-order valence-electron chi connectivity index (χ0n) is 12.4. The summed E-state index contributed by atoms with van der Waals surface area (Å²) in [7, 11) is 0. The fraction of sp³-hybridized carbons (Fsp3) is 0. The van der Waals surface area contributed by atoms with Crippen molar-refractivity contribution in [3.63, 3.8) is 0 Å². The van der Waals surface area contributed by atoms with Gasteiger partial charge in [-0.25, -0.2) is 4.39 Å². The summed E-state index contributed by atoms with van der Waals surface area (Å²) in [6.45, 7) is 0. The molecule has 0 unspecified atom stereocenters. The van der Waals surface area contributed by atoms with Gasteiger partial charge in [0.1, 0.15) is 5.82 Å². The minimum Gasteiger partial charge on any atom is -0.256 e. The van der Waals surface area contributed by atoms with Crippen LogP contribution in [-0.4, -0.2) is 4.98 Å². The first kappa shape index (κ1) is 13.6. The summed E-state index contributed by atoms with van der Waals surface area (Å²) in [4.78, 5) is 4.57. The fourth-order valence-electron chi connectivity index (χ4n) is 2.91. The molecule has 0 aliphatic rings. The number of rotatable bonds is 2. The smallest absolute Gasteiger partial charge is 0.123 e. The van der Waals surface area contributed by atoms with Crippen LogP contribution in [0.4, 0.5) is 4.39 Å². The Bertz CT molecular complexity index is 960. The van der Waals surface area contributed by atoms with Crippen LogP contribution in [0.2, 0.25) is 0 Å². The molecule has 0 amide bonds. The maximum Gasteiger partial charge on any atom is 0.123 e. The Morgan fingerprint density at radius 1 is 0.652 bits per heavy atom. The maximum absolute atomic E-state index is 13.3. The van der Waals surface area contributed by atoms with Gasteiger partial charge in [0.25, 0.3) is 0 Å². The molecule has 110 valence electrons. The Morgan fingerprint density at radius 2 is 1.35 bits per heavy atom. The van der Waals surface area contributed by atoms with E-state index in [1.807, 2.05) is 42.6 Å². The summed E-state index contributed by atoms with van der Waals surface area (Å²) in [6.07, 6.45) is 1.87. The van der Waals surface area contributed by atoms with Crippen LogP contribution < -0.4 is 0 Å². The number of para-hydroxylation sites is 1. The van der Waals surface area contributed by atoms with Gasteiger partial charge in [0.15, 0.2) is 0 Å². The minimum atomic E-state index is -0.233. The normalized spacial score (nSPS) is 10.8. The van der Waals surface area contributed by atoms with Gasteiger partial charge >= 0.3 is 0 Å². The fourth-order valence-corrected chi connectivity index (χ4v) is 2.91. The van der Waals surface area contributed by atoms with Crippen molar-refractivity contribution in [1.29, 1.82) is 0 Å². The average molecular weight is 299 g/mol. The number of nitrogens with zero attached hydrogens (tertiary/aromatic N) is 1. The van der Waals surface area contributed by atoms with Gasteiger partial charge in [0.2, 0.25) is 0 Å². The van der Waals surface area contributed by atoms with E-state index in [4.69, 9.17) is 0 Å². The SMILES string of the molecule is Fc1ccc(-c2cnc3ccccc3c2-c2ccccc2)cc1. The maximum atomic E-state index is 13.3. The van der Waals surface area contributed by atoms with Crippen molar-refractivity contribution < 1.29 is 4.39 Å². The Hall–Kier alpha value is -3.00. The van der Waals surface area contributed by atoms with Gasteiger partial charge in [0, 0.05) is 22.7 Å². The van der Waals surface area contributed by atoms with E-state index in [9.17, 15) is 4.39 Å². The second-order valence-electron chi connectivity index (χ2n) is 5.44. The molecule has 1 aromatic heterocycles. The Balaban J connectivity index is 2.06. The average Bonchev–Trinajstić information content (AvgIpc) is 2.62. The molecule has 0 aliphatic carbocycles. The highest BCUT2D eigenvalue weighted by Gasteiger charge is 2.12. The van der Waals surface area contributed by atoms with E-state index in [-0.39, 0.29) is 5.82 Å². The first-order valence-corrected chi connectivity index (χ1v) is 7.52. The molecule has 1 heterocycles. The van der Waals surface area contributed by atoms with E-state index in [1.165, 1.54) is 12.1 Å². The lowest BCUT2D eigenvalue weighted by Crippen LogP contribution is -1.90. The lowest BCUT2D eigenvalue weighted by molar-refractivity contribution is 0.628. The molecule has 0 saturated carbocycles. The van der Waals surface area contributed by atoms with Crippen molar-refractivity contribution in [2.45, 2.75) is 0 Å². The molecule has 1 nitrogen and oxygen atoms in total. The van der Waals surface area contributed by atoms with Crippen LogP contribution in [0.1, 0.15) is 0 Å². The highest BCUT2D eigenvalue weighted by molar-refractivity contribution is 6.02. The summed E-state index contributed by atoms with van der Waals surface area (Å²) in [5, 5.41) is 1.10. The summed E-state index contributed by atoms with van der Waals surface area (Å²) in [6, 6.07) is 24.9. The van der Waals surface area contributed by atoms with Crippen molar-refractivity contribution >= 4 is 10.9 Å². The summed E-state index contributed by atoms with van der Waals surface area (Å²) in [5.74, 6) is -0.233. The molecule has 23 heavy (non-hydrogen) atoms. The Kier molecular flexibility index (Phi) is 3.35. The van der Waals surface area contributed by atoms with Crippen LogP contribution in [0.25, 0.3) is 33.2 Å². The van der Waals surface area contributed by atoms with Crippen LogP contribution in [0.3, 0.4) is 0 Å². The minimum absolute atomic E-state index is 0.233. The number of hydrogen-bond donors (Lipinski definition) is 0. The Labute approximate surface area is 134 Å². The van der Waals surface area contributed by atoms with Crippen LogP contribution in [0.15, 0.2) is 85.1 Å². The second kappa shape index (κ2) is 5.65. The Morgan fingerprint density at radius 3 is 2.13 bits per heavy atom. The van der Waals surface area contributed by atoms with Crippen molar-refractivity contribution in [2.24, 2.45) is 0 Å². The van der Waals surface area contributed by atoms with Gasteiger partial charge in [0.05, 0.1) is 5.52 Å². The van der Waals surface area contributed by atoms with Crippen molar-refractivity contribution in [3.8, 4) is 22.3 Å². The standard InChI is InChI=1S/C21H14FN/c22-17-12-10-15(11-13-17)19-14-23-20-9-5-4-8-18(20)21(19)16-6-2-1-3-7-16/h1-14H. The molecule has 0 spiro atoms. The molecule has 0 bridgehead atoms. The lowest BCUT2D eigenvalue weighted by atomic mass is 9.92. The number of benzene rings is 3. The summed E-state index contributed by atoms with van der Waals surface area (Å²) in [5.41, 5.74) is 5.18. The molecule has 4 aromatic rings. The summed E-state index contributed by atoms with van der Waals surface area (Å²) < 4.78 is 13.3. The second-order valence-corrected chi connectivity index (χ2v) is 5.44. The molecule has 0 aliphatic heterocycles. The van der Waals surface area contributed by atoms with Gasteiger partial charge in [-0.15, -0.1) is 0 Å². The lowest BCUT2D eigenvalue weighted by Gasteiger charge is -2.13. The first-order chi connectivity index (χ1) is 11.3. The third-order valence-electron chi connectivity index (χ3n) is 3.99. The van der Waals surface area contributed by atoms with Crippen molar-refractivity contribution in [3.05, 3.63) is 90.9 Å². The van der Waals surface area contributed by atoms with E-state index in [1.54, 1.807) is 12.1 Å². The largest absolute Gasteiger partial charge is 0.256 e. The predicted molar refractivity (Wildman–Crippen MR) is 92.6 cm³/mol. The molecule has 0 radical (unpaired) electrons. The molecular formula is C21H14FN. The molecule has 0 atom stereocenters. The highest BCUT2D eigenvalue weighted by Crippen LogP contribution is 2.36. The van der Waals surface area contributed by atoms with E-state index in [0.717, 1.165) is 33.2 Å². The molecule has 0 fully saturated rings. The van der Waals surface area contributed by atoms with E-state index in [2.05, 4.69) is 23.2 Å². The topological polar surface area (TPSA) is 12.9 Å². The van der Waals surface area contributed by atoms with Crippen LogP contribution in [-0.2, 0) is 0 Å². The number of fused-ring (bicyclic) bond motifs is 1. The van der Waals surface area contributed by atoms with E-state index < -0.39 is 0 Å². The third-order valence-corrected chi connectivity index (χ3v) is 3.99. The van der Waals surface area contributed by atoms with Crippen molar-refractivity contribution in [1.82, 2.24) is 4.98 Å². The third kappa shape index (κ3) is 2.49. The van der Waals surface area contributed by atoms with E-state index >= 15 is 0 Å². The van der Waals surface area contributed by atoms with Crippen molar-refractivity contribution in [2.75, 3.05) is 0 Å². The molecule has 2 heteroatoms. The molecule has 0 N–H and O–H groups in total. The number of aromatic nitrogens is 1. The van der Waals surface area contributed by atoms with Gasteiger partial charge in [-0.3, -0.25) is 4.98 Å². The van der Waals surface area contributed by atoms with Gasteiger partial charge < -0.3 is 0 Å².